The Morgan fingerprint density at radius 1 is 1.00 bits per heavy atom. The molecule has 2 aliphatic rings. The first-order chi connectivity index (χ1) is 8.38. The minimum absolute atomic E-state index is 0.903. The number of rotatable bonds is 5. The molecule has 0 amide bonds. The molecule has 1 heterocycles. The summed E-state index contributed by atoms with van der Waals surface area (Å²) in [6, 6.07) is 0. The number of piperidine rings is 1. The van der Waals surface area contributed by atoms with E-state index in [4.69, 9.17) is 0 Å². The average molecular weight is 238 g/mol. The molecular formula is C15H30N2. The Morgan fingerprint density at radius 3 is 2.53 bits per heavy atom. The molecule has 100 valence electrons. The van der Waals surface area contributed by atoms with E-state index < -0.39 is 0 Å². The summed E-state index contributed by atoms with van der Waals surface area (Å²) < 4.78 is 0. The Labute approximate surface area is 107 Å². The highest BCUT2D eigenvalue weighted by Gasteiger charge is 2.20. The van der Waals surface area contributed by atoms with Gasteiger partial charge in [0.15, 0.2) is 0 Å². The maximum absolute atomic E-state index is 3.34. The first kappa shape index (κ1) is 13.4. The van der Waals surface area contributed by atoms with E-state index in [0.717, 1.165) is 11.8 Å². The van der Waals surface area contributed by atoms with E-state index in [1.54, 1.807) is 0 Å². The Hall–Kier alpha value is -0.0800. The molecule has 17 heavy (non-hydrogen) atoms. The van der Waals surface area contributed by atoms with Crippen molar-refractivity contribution in [1.29, 1.82) is 0 Å². The second-order valence-corrected chi connectivity index (χ2v) is 6.16. The molecule has 0 spiro atoms. The lowest BCUT2D eigenvalue weighted by Crippen LogP contribution is -2.39. The van der Waals surface area contributed by atoms with E-state index in [-0.39, 0.29) is 0 Å². The van der Waals surface area contributed by atoms with Gasteiger partial charge in [-0.25, -0.2) is 0 Å². The highest BCUT2D eigenvalue weighted by molar-refractivity contribution is 4.75. The van der Waals surface area contributed by atoms with Gasteiger partial charge in [-0.15, -0.1) is 0 Å². The van der Waals surface area contributed by atoms with Gasteiger partial charge in [-0.1, -0.05) is 32.1 Å². The SMILES string of the molecule is CNCC1CCCN(CCC2CCCCC2)C1. The lowest BCUT2D eigenvalue weighted by Gasteiger charge is -2.34. The van der Waals surface area contributed by atoms with Crippen LogP contribution in [0.3, 0.4) is 0 Å². The van der Waals surface area contributed by atoms with Crippen molar-refractivity contribution in [3.05, 3.63) is 0 Å². The molecule has 0 radical (unpaired) electrons. The summed E-state index contributed by atoms with van der Waals surface area (Å²) in [4.78, 5) is 2.72. The normalized spacial score (nSPS) is 28.4. The quantitative estimate of drug-likeness (QED) is 0.792. The third-order valence-electron chi connectivity index (χ3n) is 4.67. The van der Waals surface area contributed by atoms with Gasteiger partial charge in [0.2, 0.25) is 0 Å². The zero-order chi connectivity index (χ0) is 11.9. The van der Waals surface area contributed by atoms with Gasteiger partial charge in [-0.05, 0) is 57.8 Å². The number of nitrogens with zero attached hydrogens (tertiary/aromatic N) is 1. The minimum atomic E-state index is 0.903. The summed E-state index contributed by atoms with van der Waals surface area (Å²) >= 11 is 0. The Balaban J connectivity index is 1.64. The Kier molecular flexibility index (Phi) is 5.79. The summed E-state index contributed by atoms with van der Waals surface area (Å²) in [6.07, 6.45) is 11.8. The van der Waals surface area contributed by atoms with Crippen LogP contribution in [0.2, 0.25) is 0 Å². The van der Waals surface area contributed by atoms with Crippen LogP contribution in [0.25, 0.3) is 0 Å². The molecule has 0 bridgehead atoms. The maximum Gasteiger partial charge on any atom is 0.00218 e. The molecule has 0 aromatic carbocycles. The second kappa shape index (κ2) is 7.38. The fraction of sp³-hybridized carbons (Fsp3) is 1.00. The van der Waals surface area contributed by atoms with Gasteiger partial charge in [0.05, 0.1) is 0 Å². The Bertz CT molecular complexity index is 197. The van der Waals surface area contributed by atoms with Crippen molar-refractivity contribution in [3.8, 4) is 0 Å². The molecule has 2 fully saturated rings. The van der Waals surface area contributed by atoms with Gasteiger partial charge < -0.3 is 10.2 Å². The van der Waals surface area contributed by atoms with Crippen molar-refractivity contribution in [2.45, 2.75) is 51.4 Å². The molecular weight excluding hydrogens is 208 g/mol. The predicted octanol–water partition coefficient (Wildman–Crippen LogP) is 2.89. The van der Waals surface area contributed by atoms with E-state index in [1.165, 1.54) is 77.5 Å². The van der Waals surface area contributed by atoms with Crippen molar-refractivity contribution in [3.63, 3.8) is 0 Å². The second-order valence-electron chi connectivity index (χ2n) is 6.16. The molecule has 1 saturated carbocycles. The average Bonchev–Trinajstić information content (AvgIpc) is 2.39. The van der Waals surface area contributed by atoms with Crippen molar-refractivity contribution >= 4 is 0 Å². The van der Waals surface area contributed by atoms with Crippen LogP contribution in [0.5, 0.6) is 0 Å². The molecule has 1 atom stereocenters. The van der Waals surface area contributed by atoms with E-state index in [1.807, 2.05) is 0 Å². The van der Waals surface area contributed by atoms with Gasteiger partial charge in [0, 0.05) is 6.54 Å². The fourth-order valence-electron chi connectivity index (χ4n) is 3.65. The van der Waals surface area contributed by atoms with Crippen molar-refractivity contribution in [2.75, 3.05) is 33.2 Å². The molecule has 0 aromatic rings. The molecule has 2 rings (SSSR count). The topological polar surface area (TPSA) is 15.3 Å². The largest absolute Gasteiger partial charge is 0.319 e. The molecule has 2 heteroatoms. The fourth-order valence-corrected chi connectivity index (χ4v) is 3.65. The zero-order valence-electron chi connectivity index (χ0n) is 11.6. The maximum atomic E-state index is 3.34. The van der Waals surface area contributed by atoms with Crippen LogP contribution in [0, 0.1) is 11.8 Å². The predicted molar refractivity (Wildman–Crippen MR) is 74.3 cm³/mol. The van der Waals surface area contributed by atoms with Crippen LogP contribution in [0.1, 0.15) is 51.4 Å². The van der Waals surface area contributed by atoms with Gasteiger partial charge in [-0.2, -0.15) is 0 Å². The minimum Gasteiger partial charge on any atom is -0.319 e. The number of hydrogen-bond donors (Lipinski definition) is 1. The molecule has 1 unspecified atom stereocenters. The van der Waals surface area contributed by atoms with Gasteiger partial charge >= 0.3 is 0 Å². The van der Waals surface area contributed by atoms with Crippen LogP contribution >= 0.6 is 0 Å². The Morgan fingerprint density at radius 2 is 1.76 bits per heavy atom. The molecule has 1 N–H and O–H groups in total. The third kappa shape index (κ3) is 4.59. The van der Waals surface area contributed by atoms with Crippen LogP contribution < -0.4 is 5.32 Å². The van der Waals surface area contributed by atoms with E-state index >= 15 is 0 Å². The number of hydrogen-bond acceptors (Lipinski definition) is 2. The highest BCUT2D eigenvalue weighted by Crippen LogP contribution is 2.27. The molecule has 0 aromatic heterocycles. The summed E-state index contributed by atoms with van der Waals surface area (Å²) in [5.74, 6) is 1.95. The summed E-state index contributed by atoms with van der Waals surface area (Å²) in [5, 5.41) is 3.34. The van der Waals surface area contributed by atoms with Crippen LogP contribution in [0.15, 0.2) is 0 Å². The van der Waals surface area contributed by atoms with Gasteiger partial charge in [0.1, 0.15) is 0 Å². The van der Waals surface area contributed by atoms with Crippen molar-refractivity contribution in [1.82, 2.24) is 10.2 Å². The van der Waals surface area contributed by atoms with E-state index in [0.29, 0.717) is 0 Å². The first-order valence-corrected chi connectivity index (χ1v) is 7.75. The van der Waals surface area contributed by atoms with Gasteiger partial charge in [-0.3, -0.25) is 0 Å². The lowest BCUT2D eigenvalue weighted by atomic mass is 9.86. The molecule has 2 nitrogen and oxygen atoms in total. The van der Waals surface area contributed by atoms with Crippen molar-refractivity contribution in [2.24, 2.45) is 11.8 Å². The van der Waals surface area contributed by atoms with Crippen LogP contribution in [-0.4, -0.2) is 38.1 Å². The van der Waals surface area contributed by atoms with Crippen molar-refractivity contribution < 1.29 is 0 Å². The lowest BCUT2D eigenvalue weighted by molar-refractivity contribution is 0.158. The molecule has 1 aliphatic carbocycles. The smallest absolute Gasteiger partial charge is 0.00218 e. The number of nitrogens with one attached hydrogen (secondary N) is 1. The summed E-state index contributed by atoms with van der Waals surface area (Å²) in [5.41, 5.74) is 0. The van der Waals surface area contributed by atoms with E-state index in [2.05, 4.69) is 17.3 Å². The van der Waals surface area contributed by atoms with Crippen LogP contribution in [-0.2, 0) is 0 Å². The monoisotopic (exact) mass is 238 g/mol. The van der Waals surface area contributed by atoms with Gasteiger partial charge in [0.25, 0.3) is 0 Å². The standard InChI is InChI=1S/C15H30N2/c1-16-12-15-8-5-10-17(13-15)11-9-14-6-3-2-4-7-14/h14-16H,2-13H2,1H3. The zero-order valence-corrected chi connectivity index (χ0v) is 11.6. The summed E-state index contributed by atoms with van der Waals surface area (Å²) in [7, 11) is 2.08. The third-order valence-corrected chi connectivity index (χ3v) is 4.67. The van der Waals surface area contributed by atoms with E-state index in [9.17, 15) is 0 Å². The molecule has 1 saturated heterocycles. The summed E-state index contributed by atoms with van der Waals surface area (Å²) in [6.45, 7) is 5.27. The highest BCUT2D eigenvalue weighted by atomic mass is 15.1. The first-order valence-electron chi connectivity index (χ1n) is 7.75. The van der Waals surface area contributed by atoms with Crippen LogP contribution in [0.4, 0.5) is 0 Å². The molecule has 1 aliphatic heterocycles. The number of likely N-dealkylation sites (tertiary alicyclic amines) is 1.